The van der Waals surface area contributed by atoms with Gasteiger partial charge in [-0.25, -0.2) is 9.67 Å². The lowest BCUT2D eigenvalue weighted by atomic mass is 10.5. The van der Waals surface area contributed by atoms with Gasteiger partial charge in [-0.15, -0.1) is 0 Å². The molecule has 0 N–H and O–H groups in total. The van der Waals surface area contributed by atoms with Gasteiger partial charge in [0.2, 0.25) is 5.95 Å². The van der Waals surface area contributed by atoms with E-state index in [-0.39, 0.29) is 0 Å². The van der Waals surface area contributed by atoms with Crippen LogP contribution < -0.4 is 0 Å². The standard InChI is InChI=1S/C9H10N4O/c1-7-3-4-13(11-7)9-10-5-8(6-14)12(9)2/h3-6H,1-2H3. The molecule has 0 saturated carbocycles. The molecule has 0 unspecified atom stereocenters. The van der Waals surface area contributed by atoms with Crippen LogP contribution in [0.1, 0.15) is 16.2 Å². The monoisotopic (exact) mass is 190 g/mol. The molecule has 5 nitrogen and oxygen atoms in total. The van der Waals surface area contributed by atoms with E-state index >= 15 is 0 Å². The molecule has 0 saturated heterocycles. The molecule has 0 amide bonds. The molecule has 0 aliphatic rings. The molecule has 0 fully saturated rings. The Morgan fingerprint density at radius 1 is 1.50 bits per heavy atom. The Balaban J connectivity index is 2.51. The lowest BCUT2D eigenvalue weighted by molar-refractivity contribution is 0.111. The van der Waals surface area contributed by atoms with Gasteiger partial charge in [-0.05, 0) is 13.0 Å². The van der Waals surface area contributed by atoms with E-state index in [0.29, 0.717) is 11.6 Å². The highest BCUT2D eigenvalue weighted by atomic mass is 16.1. The molecule has 2 heterocycles. The number of hydrogen-bond acceptors (Lipinski definition) is 3. The van der Waals surface area contributed by atoms with Crippen molar-refractivity contribution in [3.05, 3.63) is 29.8 Å². The summed E-state index contributed by atoms with van der Waals surface area (Å²) in [6, 6.07) is 1.88. The van der Waals surface area contributed by atoms with Gasteiger partial charge < -0.3 is 4.57 Å². The number of hydrogen-bond donors (Lipinski definition) is 0. The minimum atomic E-state index is 0.535. The second-order valence-corrected chi connectivity index (χ2v) is 3.06. The normalized spacial score (nSPS) is 10.4. The van der Waals surface area contributed by atoms with Crippen LogP contribution in [0.15, 0.2) is 18.5 Å². The number of carbonyl (C=O) groups is 1. The number of carbonyl (C=O) groups excluding carboxylic acids is 1. The molecule has 14 heavy (non-hydrogen) atoms. The van der Waals surface area contributed by atoms with Crippen molar-refractivity contribution >= 4 is 6.29 Å². The molecule has 72 valence electrons. The van der Waals surface area contributed by atoms with E-state index in [2.05, 4.69) is 10.1 Å². The van der Waals surface area contributed by atoms with Crippen LogP contribution in [0.4, 0.5) is 0 Å². The van der Waals surface area contributed by atoms with Crippen molar-refractivity contribution in [1.29, 1.82) is 0 Å². The van der Waals surface area contributed by atoms with E-state index in [9.17, 15) is 4.79 Å². The lowest BCUT2D eigenvalue weighted by Gasteiger charge is -2.01. The summed E-state index contributed by atoms with van der Waals surface area (Å²) in [5.74, 6) is 0.639. The fourth-order valence-corrected chi connectivity index (χ4v) is 1.26. The van der Waals surface area contributed by atoms with Gasteiger partial charge in [0.25, 0.3) is 0 Å². The third kappa shape index (κ3) is 1.22. The van der Waals surface area contributed by atoms with Crippen LogP contribution >= 0.6 is 0 Å². The van der Waals surface area contributed by atoms with Crippen LogP contribution in [-0.2, 0) is 7.05 Å². The van der Waals surface area contributed by atoms with Crippen molar-refractivity contribution in [3.63, 3.8) is 0 Å². The Labute approximate surface area is 81.0 Å². The third-order valence-corrected chi connectivity index (χ3v) is 2.05. The molecule has 2 aromatic heterocycles. The SMILES string of the molecule is Cc1ccn(-c2ncc(C=O)n2C)n1. The summed E-state index contributed by atoms with van der Waals surface area (Å²) in [6.07, 6.45) is 4.11. The second-order valence-electron chi connectivity index (χ2n) is 3.06. The number of aldehydes is 1. The molecule has 5 heteroatoms. The summed E-state index contributed by atoms with van der Waals surface area (Å²) in [7, 11) is 1.78. The molecule has 0 radical (unpaired) electrons. The largest absolute Gasteiger partial charge is 0.309 e. The molecular formula is C9H10N4O. The Morgan fingerprint density at radius 2 is 2.29 bits per heavy atom. The number of aryl methyl sites for hydroxylation is 1. The molecular weight excluding hydrogens is 180 g/mol. The first-order valence-corrected chi connectivity index (χ1v) is 4.22. The minimum absolute atomic E-state index is 0.535. The van der Waals surface area contributed by atoms with E-state index in [1.54, 1.807) is 16.3 Å². The first-order valence-electron chi connectivity index (χ1n) is 4.22. The van der Waals surface area contributed by atoms with E-state index in [1.165, 1.54) is 6.20 Å². The quantitative estimate of drug-likeness (QED) is 0.656. The molecule has 0 spiro atoms. The van der Waals surface area contributed by atoms with Gasteiger partial charge in [0.1, 0.15) is 5.69 Å². The van der Waals surface area contributed by atoms with Crippen molar-refractivity contribution in [1.82, 2.24) is 19.3 Å². The van der Waals surface area contributed by atoms with Gasteiger partial charge in [0, 0.05) is 13.2 Å². The predicted octanol–water partition coefficient (Wildman–Crippen LogP) is 0.727. The fourth-order valence-electron chi connectivity index (χ4n) is 1.26. The number of rotatable bonds is 2. The number of imidazole rings is 1. The molecule has 0 aliphatic carbocycles. The van der Waals surface area contributed by atoms with Crippen LogP contribution in [0.3, 0.4) is 0 Å². The van der Waals surface area contributed by atoms with Gasteiger partial charge >= 0.3 is 0 Å². The van der Waals surface area contributed by atoms with E-state index in [0.717, 1.165) is 12.0 Å². The van der Waals surface area contributed by atoms with E-state index in [1.807, 2.05) is 19.2 Å². The van der Waals surface area contributed by atoms with Crippen LogP contribution in [0.5, 0.6) is 0 Å². The zero-order valence-electron chi connectivity index (χ0n) is 8.01. The Hall–Kier alpha value is -1.91. The average molecular weight is 190 g/mol. The highest BCUT2D eigenvalue weighted by Gasteiger charge is 2.07. The summed E-state index contributed by atoms with van der Waals surface area (Å²) >= 11 is 0. The third-order valence-electron chi connectivity index (χ3n) is 2.05. The maximum atomic E-state index is 10.6. The average Bonchev–Trinajstić information content (AvgIpc) is 2.72. The van der Waals surface area contributed by atoms with Gasteiger partial charge in [0.05, 0.1) is 11.9 Å². The van der Waals surface area contributed by atoms with Crippen molar-refractivity contribution in [2.24, 2.45) is 7.05 Å². The van der Waals surface area contributed by atoms with Crippen molar-refractivity contribution in [3.8, 4) is 5.95 Å². The van der Waals surface area contributed by atoms with E-state index in [4.69, 9.17) is 0 Å². The Bertz CT molecular complexity index is 469. The molecule has 0 aliphatic heterocycles. The van der Waals surface area contributed by atoms with Crippen molar-refractivity contribution in [2.75, 3.05) is 0 Å². The summed E-state index contributed by atoms with van der Waals surface area (Å²) in [5.41, 5.74) is 1.45. The number of aromatic nitrogens is 4. The summed E-state index contributed by atoms with van der Waals surface area (Å²) in [5, 5.41) is 4.21. The fraction of sp³-hybridized carbons (Fsp3) is 0.222. The lowest BCUT2D eigenvalue weighted by Crippen LogP contribution is -2.05. The first kappa shape index (κ1) is 8.68. The van der Waals surface area contributed by atoms with Gasteiger partial charge in [0.15, 0.2) is 6.29 Å². The maximum absolute atomic E-state index is 10.6. The zero-order valence-corrected chi connectivity index (χ0v) is 8.01. The van der Waals surface area contributed by atoms with Crippen LogP contribution in [0.2, 0.25) is 0 Å². The van der Waals surface area contributed by atoms with E-state index < -0.39 is 0 Å². The smallest absolute Gasteiger partial charge is 0.230 e. The minimum Gasteiger partial charge on any atom is -0.309 e. The molecule has 0 atom stereocenters. The summed E-state index contributed by atoms with van der Waals surface area (Å²) in [6.45, 7) is 1.90. The van der Waals surface area contributed by atoms with Gasteiger partial charge in [-0.3, -0.25) is 4.79 Å². The predicted molar refractivity (Wildman–Crippen MR) is 50.5 cm³/mol. The molecule has 2 rings (SSSR count). The highest BCUT2D eigenvalue weighted by molar-refractivity contribution is 5.72. The maximum Gasteiger partial charge on any atom is 0.230 e. The zero-order chi connectivity index (χ0) is 10.1. The van der Waals surface area contributed by atoms with Crippen LogP contribution in [-0.4, -0.2) is 25.6 Å². The Morgan fingerprint density at radius 3 is 2.79 bits per heavy atom. The summed E-state index contributed by atoms with van der Waals surface area (Å²) < 4.78 is 3.34. The molecule has 2 aromatic rings. The molecule has 0 bridgehead atoms. The van der Waals surface area contributed by atoms with Crippen LogP contribution in [0.25, 0.3) is 5.95 Å². The highest BCUT2D eigenvalue weighted by Crippen LogP contribution is 2.06. The topological polar surface area (TPSA) is 52.7 Å². The number of nitrogens with zero attached hydrogens (tertiary/aromatic N) is 4. The van der Waals surface area contributed by atoms with Crippen molar-refractivity contribution < 1.29 is 4.79 Å². The van der Waals surface area contributed by atoms with Gasteiger partial charge in [-0.1, -0.05) is 0 Å². The second kappa shape index (κ2) is 3.10. The van der Waals surface area contributed by atoms with Crippen LogP contribution in [0, 0.1) is 6.92 Å². The summed E-state index contributed by atoms with van der Waals surface area (Å²) in [4.78, 5) is 14.7. The Kier molecular flexibility index (Phi) is 1.92. The van der Waals surface area contributed by atoms with Gasteiger partial charge in [-0.2, -0.15) is 5.10 Å². The first-order chi connectivity index (χ1) is 6.72. The van der Waals surface area contributed by atoms with Crippen molar-refractivity contribution in [2.45, 2.75) is 6.92 Å². The molecule has 0 aromatic carbocycles.